The van der Waals surface area contributed by atoms with E-state index in [9.17, 15) is 16.8 Å². The van der Waals surface area contributed by atoms with Gasteiger partial charge in [0.25, 0.3) is 0 Å². The number of sulfonamides is 2. The number of aryl methyl sites for hydroxylation is 1. The van der Waals surface area contributed by atoms with Crippen LogP contribution in [-0.4, -0.2) is 33.2 Å². The summed E-state index contributed by atoms with van der Waals surface area (Å²) >= 11 is 0. The molecule has 8 nitrogen and oxygen atoms in total. The largest absolute Gasteiger partial charge is 0.243 e. The number of rotatable bonds is 7. The quantitative estimate of drug-likeness (QED) is 0.597. The molecule has 0 saturated heterocycles. The van der Waals surface area contributed by atoms with Crippen molar-refractivity contribution in [3.05, 3.63) is 72.1 Å². The maximum Gasteiger partial charge on any atom is 0.243 e. The van der Waals surface area contributed by atoms with Gasteiger partial charge in [-0.15, -0.1) is 0 Å². The van der Waals surface area contributed by atoms with E-state index in [0.29, 0.717) is 12.1 Å². The lowest BCUT2D eigenvalue weighted by molar-refractivity contribution is 0.581. The number of aromatic nitrogens is 2. The third-order valence-electron chi connectivity index (χ3n) is 4.12. The van der Waals surface area contributed by atoms with E-state index in [1.165, 1.54) is 23.0 Å². The average Bonchev–Trinajstić information content (AvgIpc) is 3.05. The molecular formula is C18H20N4O4S2. The van der Waals surface area contributed by atoms with Crippen LogP contribution >= 0.6 is 0 Å². The first kappa shape index (κ1) is 20.2. The predicted octanol–water partition coefficient (Wildman–Crippen LogP) is 1.35. The Hall–Kier alpha value is -2.53. The van der Waals surface area contributed by atoms with Gasteiger partial charge in [0.05, 0.1) is 22.5 Å². The molecule has 0 saturated carbocycles. The van der Waals surface area contributed by atoms with E-state index in [4.69, 9.17) is 5.14 Å². The molecule has 2 aromatic carbocycles. The van der Waals surface area contributed by atoms with Crippen LogP contribution in [-0.2, 0) is 26.5 Å². The summed E-state index contributed by atoms with van der Waals surface area (Å²) in [5, 5.41) is 9.33. The highest BCUT2D eigenvalue weighted by molar-refractivity contribution is 7.89. The summed E-state index contributed by atoms with van der Waals surface area (Å²) in [5.74, 6) is 0. The van der Waals surface area contributed by atoms with Gasteiger partial charge in [-0.1, -0.05) is 30.3 Å². The lowest BCUT2D eigenvalue weighted by Gasteiger charge is -2.06. The molecule has 10 heteroatoms. The molecule has 148 valence electrons. The van der Waals surface area contributed by atoms with Crippen LogP contribution in [0.2, 0.25) is 0 Å². The molecule has 3 rings (SSSR count). The van der Waals surface area contributed by atoms with Crippen molar-refractivity contribution in [2.75, 3.05) is 6.54 Å². The topological polar surface area (TPSA) is 124 Å². The molecule has 1 heterocycles. The van der Waals surface area contributed by atoms with Crippen molar-refractivity contribution in [1.29, 1.82) is 0 Å². The third kappa shape index (κ3) is 4.65. The number of para-hydroxylation sites is 1. The number of benzene rings is 2. The van der Waals surface area contributed by atoms with Gasteiger partial charge in [0, 0.05) is 6.54 Å². The second-order valence-corrected chi connectivity index (χ2v) is 9.49. The lowest BCUT2D eigenvalue weighted by atomic mass is 10.2. The number of nitrogens with one attached hydrogen (secondary N) is 1. The van der Waals surface area contributed by atoms with E-state index in [1.807, 2.05) is 30.3 Å². The molecule has 0 radical (unpaired) electrons. The number of primary sulfonamides is 1. The molecule has 28 heavy (non-hydrogen) atoms. The summed E-state index contributed by atoms with van der Waals surface area (Å²) in [6.45, 7) is 1.80. The van der Waals surface area contributed by atoms with Crippen molar-refractivity contribution in [3.63, 3.8) is 0 Å². The van der Waals surface area contributed by atoms with Gasteiger partial charge in [-0.3, -0.25) is 0 Å². The monoisotopic (exact) mass is 420 g/mol. The van der Waals surface area contributed by atoms with Gasteiger partial charge in [-0.2, -0.15) is 5.10 Å². The summed E-state index contributed by atoms with van der Waals surface area (Å²) in [4.78, 5) is 0.127. The Morgan fingerprint density at radius 2 is 1.64 bits per heavy atom. The van der Waals surface area contributed by atoms with Crippen LogP contribution in [0.15, 0.2) is 70.6 Å². The first-order valence-electron chi connectivity index (χ1n) is 8.40. The van der Waals surface area contributed by atoms with Gasteiger partial charge in [0.15, 0.2) is 0 Å². The maximum atomic E-state index is 12.6. The molecule has 0 amide bonds. The minimum Gasteiger partial charge on any atom is -0.239 e. The second kappa shape index (κ2) is 7.84. The third-order valence-corrected chi connectivity index (χ3v) is 6.62. The highest BCUT2D eigenvalue weighted by Crippen LogP contribution is 2.17. The van der Waals surface area contributed by atoms with Crippen molar-refractivity contribution in [1.82, 2.24) is 14.5 Å². The predicted molar refractivity (Wildman–Crippen MR) is 105 cm³/mol. The highest BCUT2D eigenvalue weighted by Gasteiger charge is 2.20. The second-order valence-electron chi connectivity index (χ2n) is 6.20. The summed E-state index contributed by atoms with van der Waals surface area (Å²) in [6, 6.07) is 15.2. The Balaban J connectivity index is 1.68. The van der Waals surface area contributed by atoms with E-state index < -0.39 is 20.0 Å². The molecule has 0 bridgehead atoms. The molecule has 0 aliphatic heterocycles. The van der Waals surface area contributed by atoms with Crippen LogP contribution in [0, 0.1) is 6.92 Å². The first-order chi connectivity index (χ1) is 13.2. The summed E-state index contributed by atoms with van der Waals surface area (Å²) in [5.41, 5.74) is 1.95. The van der Waals surface area contributed by atoms with Gasteiger partial charge in [-0.05, 0) is 43.2 Å². The van der Waals surface area contributed by atoms with Crippen molar-refractivity contribution in [2.45, 2.75) is 23.1 Å². The zero-order valence-electron chi connectivity index (χ0n) is 15.1. The van der Waals surface area contributed by atoms with Crippen LogP contribution < -0.4 is 9.86 Å². The van der Waals surface area contributed by atoms with Crippen LogP contribution in [0.1, 0.15) is 11.3 Å². The van der Waals surface area contributed by atoms with Crippen molar-refractivity contribution < 1.29 is 16.8 Å². The zero-order chi connectivity index (χ0) is 20.4. The summed E-state index contributed by atoms with van der Waals surface area (Å²) < 4.78 is 51.8. The fourth-order valence-electron chi connectivity index (χ4n) is 2.67. The Morgan fingerprint density at radius 1 is 1.00 bits per heavy atom. The Morgan fingerprint density at radius 3 is 2.25 bits per heavy atom. The van der Waals surface area contributed by atoms with E-state index in [0.717, 1.165) is 11.3 Å². The zero-order valence-corrected chi connectivity index (χ0v) is 16.7. The van der Waals surface area contributed by atoms with Crippen molar-refractivity contribution in [3.8, 4) is 5.69 Å². The van der Waals surface area contributed by atoms with Gasteiger partial charge in [-0.25, -0.2) is 31.4 Å². The Bertz CT molecular complexity index is 1170. The van der Waals surface area contributed by atoms with E-state index in [1.54, 1.807) is 19.1 Å². The van der Waals surface area contributed by atoms with Crippen LogP contribution in [0.3, 0.4) is 0 Å². The molecule has 0 aliphatic rings. The summed E-state index contributed by atoms with van der Waals surface area (Å²) in [7, 11) is -7.47. The standard InChI is InChI=1S/C18H20N4O4S2/c1-14-18(13-22(21-14)16-5-3-2-4-6-16)28(25,26)20-12-11-15-7-9-17(10-8-15)27(19,23)24/h2-10,13,20H,11-12H2,1H3,(H2,19,23,24). The number of nitrogens with zero attached hydrogens (tertiary/aromatic N) is 2. The molecule has 0 aliphatic carbocycles. The van der Waals surface area contributed by atoms with Crippen LogP contribution in [0.25, 0.3) is 5.69 Å². The number of hydrogen-bond acceptors (Lipinski definition) is 5. The molecule has 0 spiro atoms. The molecule has 3 aromatic rings. The highest BCUT2D eigenvalue weighted by atomic mass is 32.2. The fraction of sp³-hybridized carbons (Fsp3) is 0.167. The summed E-state index contributed by atoms with van der Waals surface area (Å²) in [6.07, 6.45) is 1.88. The Labute approximate surface area is 164 Å². The van der Waals surface area contributed by atoms with E-state index >= 15 is 0 Å². The van der Waals surface area contributed by atoms with Gasteiger partial charge in [0.2, 0.25) is 20.0 Å². The first-order valence-corrected chi connectivity index (χ1v) is 11.4. The fourth-order valence-corrected chi connectivity index (χ4v) is 4.38. The average molecular weight is 421 g/mol. The molecule has 0 atom stereocenters. The van der Waals surface area contributed by atoms with Crippen LogP contribution in [0.4, 0.5) is 0 Å². The van der Waals surface area contributed by atoms with Gasteiger partial charge in [0.1, 0.15) is 4.90 Å². The molecule has 0 fully saturated rings. The smallest absolute Gasteiger partial charge is 0.239 e. The lowest BCUT2D eigenvalue weighted by Crippen LogP contribution is -2.26. The minimum absolute atomic E-state index is 0.0146. The number of hydrogen-bond donors (Lipinski definition) is 2. The van der Waals surface area contributed by atoms with Gasteiger partial charge >= 0.3 is 0 Å². The van der Waals surface area contributed by atoms with Crippen LogP contribution in [0.5, 0.6) is 0 Å². The molecule has 3 N–H and O–H groups in total. The SMILES string of the molecule is Cc1nn(-c2ccccc2)cc1S(=O)(=O)NCCc1ccc(S(N)(=O)=O)cc1. The molecular weight excluding hydrogens is 400 g/mol. The molecule has 1 aromatic heterocycles. The normalized spacial score (nSPS) is 12.2. The van der Waals surface area contributed by atoms with E-state index in [2.05, 4.69) is 9.82 Å². The Kier molecular flexibility index (Phi) is 5.66. The maximum absolute atomic E-state index is 12.6. The van der Waals surface area contributed by atoms with Gasteiger partial charge < -0.3 is 0 Å². The van der Waals surface area contributed by atoms with E-state index in [-0.39, 0.29) is 16.3 Å². The van der Waals surface area contributed by atoms with Crippen molar-refractivity contribution in [2.24, 2.45) is 5.14 Å². The number of nitrogens with two attached hydrogens (primary N) is 1. The van der Waals surface area contributed by atoms with Crippen molar-refractivity contribution >= 4 is 20.0 Å². The minimum atomic E-state index is -3.75. The molecule has 0 unspecified atom stereocenters.